The first-order chi connectivity index (χ1) is 9.58. The summed E-state index contributed by atoms with van der Waals surface area (Å²) in [5.41, 5.74) is 7.20. The summed E-state index contributed by atoms with van der Waals surface area (Å²) in [7, 11) is 6.35. The molecule has 0 radical (unpaired) electrons. The molecule has 1 aromatic rings. The molecule has 0 saturated heterocycles. The number of nitrogens with zero attached hydrogens (tertiary/aromatic N) is 2. The van der Waals surface area contributed by atoms with Crippen LogP contribution in [0, 0.1) is 0 Å². The minimum Gasteiger partial charge on any atom is -0.494 e. The van der Waals surface area contributed by atoms with Crippen molar-refractivity contribution in [2.75, 3.05) is 47.4 Å². The van der Waals surface area contributed by atoms with E-state index in [2.05, 4.69) is 43.1 Å². The molecule has 0 heterocycles. The van der Waals surface area contributed by atoms with Gasteiger partial charge in [-0.05, 0) is 65.3 Å². The first-order valence-corrected chi connectivity index (χ1v) is 7.36. The first kappa shape index (κ1) is 17.0. The van der Waals surface area contributed by atoms with Gasteiger partial charge in [-0.2, -0.15) is 0 Å². The minimum atomic E-state index is 0.271. The van der Waals surface area contributed by atoms with Crippen molar-refractivity contribution in [3.05, 3.63) is 29.8 Å². The third-order valence-electron chi connectivity index (χ3n) is 3.45. The van der Waals surface area contributed by atoms with Crippen LogP contribution >= 0.6 is 0 Å². The molecule has 0 aliphatic carbocycles. The van der Waals surface area contributed by atoms with Crippen molar-refractivity contribution < 1.29 is 4.74 Å². The molecule has 0 fully saturated rings. The van der Waals surface area contributed by atoms with Crippen molar-refractivity contribution >= 4 is 0 Å². The second-order valence-corrected chi connectivity index (χ2v) is 5.39. The van der Waals surface area contributed by atoms with Crippen LogP contribution in [0.2, 0.25) is 0 Å². The zero-order valence-corrected chi connectivity index (χ0v) is 13.3. The molecule has 4 nitrogen and oxygen atoms in total. The molecule has 1 rings (SSSR count). The molecule has 0 saturated carbocycles. The summed E-state index contributed by atoms with van der Waals surface area (Å²) >= 11 is 0. The molecule has 0 spiro atoms. The Morgan fingerprint density at radius 3 is 2.25 bits per heavy atom. The Balaban J connectivity index is 2.59. The molecule has 0 aliphatic rings. The van der Waals surface area contributed by atoms with Crippen LogP contribution in [0.4, 0.5) is 0 Å². The van der Waals surface area contributed by atoms with E-state index in [4.69, 9.17) is 10.5 Å². The highest BCUT2D eigenvalue weighted by Gasteiger charge is 2.15. The summed E-state index contributed by atoms with van der Waals surface area (Å²) < 4.78 is 5.48. The predicted octanol–water partition coefficient (Wildman–Crippen LogP) is 1.97. The van der Waals surface area contributed by atoms with Gasteiger partial charge in [-0.1, -0.05) is 12.1 Å². The monoisotopic (exact) mass is 279 g/mol. The Bertz CT molecular complexity index is 364. The van der Waals surface area contributed by atoms with E-state index in [1.807, 2.05) is 19.1 Å². The highest BCUT2D eigenvalue weighted by atomic mass is 16.5. The van der Waals surface area contributed by atoms with Gasteiger partial charge in [-0.25, -0.2) is 0 Å². The molecule has 20 heavy (non-hydrogen) atoms. The molecule has 0 aromatic heterocycles. The summed E-state index contributed by atoms with van der Waals surface area (Å²) in [5, 5.41) is 0. The summed E-state index contributed by atoms with van der Waals surface area (Å²) in [6, 6.07) is 8.55. The topological polar surface area (TPSA) is 41.7 Å². The summed E-state index contributed by atoms with van der Waals surface area (Å²) in [6.45, 7) is 5.48. The molecule has 2 N–H and O–H groups in total. The lowest BCUT2D eigenvalue weighted by Gasteiger charge is -2.28. The van der Waals surface area contributed by atoms with E-state index in [1.165, 1.54) is 5.56 Å². The highest BCUT2D eigenvalue weighted by Crippen LogP contribution is 2.21. The van der Waals surface area contributed by atoms with Crippen molar-refractivity contribution in [1.29, 1.82) is 0 Å². The number of benzene rings is 1. The largest absolute Gasteiger partial charge is 0.494 e. The van der Waals surface area contributed by atoms with Gasteiger partial charge < -0.3 is 15.4 Å². The number of rotatable bonds is 9. The fraction of sp³-hybridized carbons (Fsp3) is 0.625. The molecule has 114 valence electrons. The maximum Gasteiger partial charge on any atom is 0.119 e. The van der Waals surface area contributed by atoms with Crippen LogP contribution < -0.4 is 10.5 Å². The quantitative estimate of drug-likeness (QED) is 0.750. The van der Waals surface area contributed by atoms with E-state index in [-0.39, 0.29) is 6.04 Å². The van der Waals surface area contributed by atoms with Gasteiger partial charge in [0.05, 0.1) is 6.61 Å². The standard InChI is InChI=1S/C16H29N3O/c1-5-20-15-9-7-14(8-10-15)16(13-17)19(4)12-6-11-18(2)3/h7-10,16H,5-6,11-13,17H2,1-4H3. The normalized spacial score (nSPS) is 12.9. The predicted molar refractivity (Wildman–Crippen MR) is 85.2 cm³/mol. The fourth-order valence-corrected chi connectivity index (χ4v) is 2.32. The van der Waals surface area contributed by atoms with Crippen LogP contribution in [0.1, 0.15) is 24.9 Å². The lowest BCUT2D eigenvalue weighted by atomic mass is 10.1. The Kier molecular flexibility index (Phi) is 7.59. The van der Waals surface area contributed by atoms with E-state index in [0.29, 0.717) is 13.2 Å². The molecule has 1 unspecified atom stereocenters. The van der Waals surface area contributed by atoms with Gasteiger partial charge in [0, 0.05) is 12.6 Å². The van der Waals surface area contributed by atoms with Crippen LogP contribution in [0.3, 0.4) is 0 Å². The fourth-order valence-electron chi connectivity index (χ4n) is 2.32. The van der Waals surface area contributed by atoms with E-state index in [1.54, 1.807) is 0 Å². The van der Waals surface area contributed by atoms with Crippen molar-refractivity contribution in [2.24, 2.45) is 5.73 Å². The Hall–Kier alpha value is -1.10. The Morgan fingerprint density at radius 2 is 1.75 bits per heavy atom. The van der Waals surface area contributed by atoms with E-state index >= 15 is 0 Å². The van der Waals surface area contributed by atoms with Gasteiger partial charge in [0.2, 0.25) is 0 Å². The second-order valence-electron chi connectivity index (χ2n) is 5.39. The van der Waals surface area contributed by atoms with Crippen molar-refractivity contribution in [3.8, 4) is 5.75 Å². The maximum atomic E-state index is 5.95. The van der Waals surface area contributed by atoms with E-state index in [9.17, 15) is 0 Å². The first-order valence-electron chi connectivity index (χ1n) is 7.36. The van der Waals surface area contributed by atoms with Crippen molar-refractivity contribution in [3.63, 3.8) is 0 Å². The molecule has 0 bridgehead atoms. The average molecular weight is 279 g/mol. The number of hydrogen-bond acceptors (Lipinski definition) is 4. The summed E-state index contributed by atoms with van der Waals surface area (Å²) in [5.74, 6) is 0.919. The number of likely N-dealkylation sites (N-methyl/N-ethyl adjacent to an activating group) is 1. The SMILES string of the molecule is CCOc1ccc(C(CN)N(C)CCCN(C)C)cc1. The van der Waals surface area contributed by atoms with Crippen LogP contribution in [0.5, 0.6) is 5.75 Å². The molecular formula is C16H29N3O. The van der Waals surface area contributed by atoms with Gasteiger partial charge in [-0.3, -0.25) is 4.90 Å². The molecule has 4 heteroatoms. The second kappa shape index (κ2) is 8.95. The molecular weight excluding hydrogens is 250 g/mol. The van der Waals surface area contributed by atoms with Crippen molar-refractivity contribution in [1.82, 2.24) is 9.80 Å². The molecule has 0 amide bonds. The van der Waals surface area contributed by atoms with Crippen LogP contribution in [-0.2, 0) is 0 Å². The molecule has 1 atom stereocenters. The number of nitrogens with two attached hydrogens (primary N) is 1. The lowest BCUT2D eigenvalue weighted by Crippen LogP contribution is -2.32. The van der Waals surface area contributed by atoms with Crippen LogP contribution in [-0.4, -0.2) is 57.2 Å². The zero-order chi connectivity index (χ0) is 15.0. The van der Waals surface area contributed by atoms with Gasteiger partial charge >= 0.3 is 0 Å². The smallest absolute Gasteiger partial charge is 0.119 e. The maximum absolute atomic E-state index is 5.95. The average Bonchev–Trinajstić information content (AvgIpc) is 2.41. The van der Waals surface area contributed by atoms with Gasteiger partial charge in [0.15, 0.2) is 0 Å². The highest BCUT2D eigenvalue weighted by molar-refractivity contribution is 5.29. The van der Waals surface area contributed by atoms with Gasteiger partial charge in [0.1, 0.15) is 5.75 Å². The Labute approximate surface area is 123 Å². The zero-order valence-electron chi connectivity index (χ0n) is 13.3. The third-order valence-corrected chi connectivity index (χ3v) is 3.45. The van der Waals surface area contributed by atoms with Gasteiger partial charge in [0.25, 0.3) is 0 Å². The van der Waals surface area contributed by atoms with Gasteiger partial charge in [-0.15, -0.1) is 0 Å². The summed E-state index contributed by atoms with van der Waals surface area (Å²) in [4.78, 5) is 4.54. The lowest BCUT2D eigenvalue weighted by molar-refractivity contribution is 0.235. The van der Waals surface area contributed by atoms with Crippen LogP contribution in [0.15, 0.2) is 24.3 Å². The third kappa shape index (κ3) is 5.49. The van der Waals surface area contributed by atoms with Crippen molar-refractivity contribution in [2.45, 2.75) is 19.4 Å². The summed E-state index contributed by atoms with van der Waals surface area (Å²) in [6.07, 6.45) is 1.15. The number of ether oxygens (including phenoxy) is 1. The minimum absolute atomic E-state index is 0.271. The molecule has 1 aromatic carbocycles. The number of hydrogen-bond donors (Lipinski definition) is 1. The van der Waals surface area contributed by atoms with Crippen LogP contribution in [0.25, 0.3) is 0 Å². The van der Waals surface area contributed by atoms with E-state index in [0.717, 1.165) is 25.3 Å². The molecule has 0 aliphatic heterocycles. The van der Waals surface area contributed by atoms with E-state index < -0.39 is 0 Å². The Morgan fingerprint density at radius 1 is 1.10 bits per heavy atom.